The van der Waals surface area contributed by atoms with Crippen LogP contribution >= 0.6 is 0 Å². The number of β-lactam (4-membered cyclic amide) rings is 1. The molecule has 2 unspecified atom stereocenters. The molecule has 4 fully saturated rings. The summed E-state index contributed by atoms with van der Waals surface area (Å²) < 4.78 is 5.44. The van der Waals surface area contributed by atoms with Gasteiger partial charge in [-0.3, -0.25) is 14.5 Å². The molecular weight excluding hydrogens is 528 g/mol. The smallest absolute Gasteiger partial charge is 0.411 e. The zero-order valence-corrected chi connectivity index (χ0v) is 24.4. The third-order valence-corrected chi connectivity index (χ3v) is 9.48. The van der Waals surface area contributed by atoms with Crippen molar-refractivity contribution in [1.82, 2.24) is 19.6 Å². The van der Waals surface area contributed by atoms with E-state index in [2.05, 4.69) is 4.90 Å². The van der Waals surface area contributed by atoms with E-state index in [1.165, 1.54) is 45.3 Å². The molecule has 0 saturated carbocycles. The Morgan fingerprint density at radius 2 is 1.57 bits per heavy atom. The van der Waals surface area contributed by atoms with E-state index in [1.54, 1.807) is 9.80 Å². The van der Waals surface area contributed by atoms with Gasteiger partial charge in [0.05, 0.1) is 12.1 Å². The Labute approximate surface area is 248 Å². The molecule has 0 radical (unpaired) electrons. The van der Waals surface area contributed by atoms with Crippen LogP contribution in [0.4, 0.5) is 4.79 Å². The summed E-state index contributed by atoms with van der Waals surface area (Å²) in [7, 11) is 0. The van der Waals surface area contributed by atoms with Crippen LogP contribution in [0.15, 0.2) is 66.7 Å². The molecule has 0 aliphatic carbocycles. The number of amides is 3. The van der Waals surface area contributed by atoms with Crippen LogP contribution in [-0.4, -0.2) is 95.5 Å². The summed E-state index contributed by atoms with van der Waals surface area (Å²) in [5.41, 5.74) is 1.93. The van der Waals surface area contributed by atoms with Gasteiger partial charge >= 0.3 is 6.09 Å². The minimum atomic E-state index is -0.710. The van der Waals surface area contributed by atoms with E-state index >= 15 is 0 Å². The van der Waals surface area contributed by atoms with Crippen LogP contribution in [0.5, 0.6) is 0 Å². The Morgan fingerprint density at radius 1 is 0.881 bits per heavy atom. The fourth-order valence-electron chi connectivity index (χ4n) is 6.94. The van der Waals surface area contributed by atoms with Crippen molar-refractivity contribution >= 4 is 24.0 Å². The molecule has 6 rings (SSSR count). The summed E-state index contributed by atoms with van der Waals surface area (Å²) in [5, 5.41) is 0. The van der Waals surface area contributed by atoms with Gasteiger partial charge in [-0.15, -0.1) is 0 Å². The maximum absolute atomic E-state index is 13.7. The molecule has 4 aliphatic rings. The summed E-state index contributed by atoms with van der Waals surface area (Å²) in [6.45, 7) is 5.33. The molecule has 222 valence electrons. The van der Waals surface area contributed by atoms with Crippen molar-refractivity contribution in [2.24, 2.45) is 5.92 Å². The molecule has 4 aliphatic heterocycles. The highest BCUT2D eigenvalue weighted by Gasteiger charge is 2.55. The highest BCUT2D eigenvalue weighted by Crippen LogP contribution is 2.37. The average Bonchev–Trinajstić information content (AvgIpc) is 3.42. The minimum Gasteiger partial charge on any atom is -0.447 e. The Kier molecular flexibility index (Phi) is 8.89. The van der Waals surface area contributed by atoms with Crippen molar-refractivity contribution in [2.75, 3.05) is 45.9 Å². The van der Waals surface area contributed by atoms with Gasteiger partial charge < -0.3 is 19.4 Å². The Morgan fingerprint density at radius 3 is 2.29 bits per heavy atom. The van der Waals surface area contributed by atoms with Crippen LogP contribution in [0.1, 0.15) is 55.7 Å². The third kappa shape index (κ3) is 6.24. The van der Waals surface area contributed by atoms with Crippen molar-refractivity contribution in [3.05, 3.63) is 77.9 Å². The number of cyclic esters (lactones) is 1. The summed E-state index contributed by atoms with van der Waals surface area (Å²) in [6.07, 6.45) is 10.7. The number of likely N-dealkylation sites (tertiary alicyclic amines) is 3. The van der Waals surface area contributed by atoms with Crippen molar-refractivity contribution in [3.63, 3.8) is 0 Å². The lowest BCUT2D eigenvalue weighted by Crippen LogP contribution is -2.71. The van der Waals surface area contributed by atoms with Crippen molar-refractivity contribution in [2.45, 2.75) is 56.7 Å². The fourth-order valence-corrected chi connectivity index (χ4v) is 6.94. The molecule has 0 N–H and O–H groups in total. The molecule has 8 heteroatoms. The van der Waals surface area contributed by atoms with E-state index in [0.717, 1.165) is 37.1 Å². The van der Waals surface area contributed by atoms with Crippen molar-refractivity contribution in [1.29, 1.82) is 0 Å². The highest BCUT2D eigenvalue weighted by molar-refractivity contribution is 5.96. The minimum absolute atomic E-state index is 0.0157. The molecule has 3 atom stereocenters. The lowest BCUT2D eigenvalue weighted by Gasteiger charge is -2.50. The zero-order chi connectivity index (χ0) is 28.9. The predicted octanol–water partition coefficient (Wildman–Crippen LogP) is 4.59. The summed E-state index contributed by atoms with van der Waals surface area (Å²) >= 11 is 0. The van der Waals surface area contributed by atoms with Gasteiger partial charge in [-0.2, -0.15) is 0 Å². The van der Waals surface area contributed by atoms with Crippen LogP contribution in [0.25, 0.3) is 6.08 Å². The highest BCUT2D eigenvalue weighted by atomic mass is 16.6. The first-order valence-corrected chi connectivity index (χ1v) is 15.6. The van der Waals surface area contributed by atoms with Gasteiger partial charge in [0.2, 0.25) is 11.8 Å². The largest absolute Gasteiger partial charge is 0.447 e. The second-order valence-electron chi connectivity index (χ2n) is 12.1. The van der Waals surface area contributed by atoms with Gasteiger partial charge in [0.25, 0.3) is 0 Å². The first-order chi connectivity index (χ1) is 20.6. The molecule has 0 bridgehead atoms. The van der Waals surface area contributed by atoms with Gasteiger partial charge in [-0.1, -0.05) is 79.2 Å². The van der Waals surface area contributed by atoms with Gasteiger partial charge in [-0.05, 0) is 68.8 Å². The maximum atomic E-state index is 13.7. The second kappa shape index (κ2) is 13.1. The molecule has 4 heterocycles. The normalized spacial score (nSPS) is 25.6. The van der Waals surface area contributed by atoms with E-state index in [-0.39, 0.29) is 31.0 Å². The number of benzene rings is 2. The third-order valence-electron chi connectivity index (χ3n) is 9.48. The Hall–Kier alpha value is -3.65. The number of piperidine rings is 2. The number of carbonyl (C=O) groups is 3. The molecule has 0 aromatic heterocycles. The number of carbonyl (C=O) groups excluding carboxylic acids is 3. The molecule has 2 aromatic rings. The number of hydrogen-bond acceptors (Lipinski definition) is 5. The van der Waals surface area contributed by atoms with Gasteiger partial charge in [0.1, 0.15) is 19.2 Å². The van der Waals surface area contributed by atoms with Crippen molar-refractivity contribution in [3.8, 4) is 0 Å². The van der Waals surface area contributed by atoms with E-state index in [9.17, 15) is 14.4 Å². The Balaban J connectivity index is 1.11. The fraction of sp³-hybridized carbons (Fsp3) is 0.500. The quantitative estimate of drug-likeness (QED) is 0.413. The SMILES string of the molecule is O=C(CN1C(=O)C(N2C(=O)OC[C@@H]2c2ccccc2)C1C=Cc1ccccc1)N1CCC(CCN2CCCCC2)CC1. The van der Waals surface area contributed by atoms with Crippen LogP contribution in [0, 0.1) is 5.92 Å². The number of ether oxygens (including phenoxy) is 1. The predicted molar refractivity (Wildman–Crippen MR) is 161 cm³/mol. The second-order valence-corrected chi connectivity index (χ2v) is 12.1. The van der Waals surface area contributed by atoms with Crippen molar-refractivity contribution < 1.29 is 19.1 Å². The lowest BCUT2D eigenvalue weighted by atomic mass is 9.90. The molecule has 8 nitrogen and oxygen atoms in total. The van der Waals surface area contributed by atoms with Gasteiger partial charge in [0, 0.05) is 13.1 Å². The van der Waals surface area contributed by atoms with Crippen LogP contribution < -0.4 is 0 Å². The Bertz CT molecular complexity index is 1250. The zero-order valence-electron chi connectivity index (χ0n) is 24.4. The first-order valence-electron chi connectivity index (χ1n) is 15.6. The number of nitrogens with zero attached hydrogens (tertiary/aromatic N) is 4. The molecule has 3 amide bonds. The van der Waals surface area contributed by atoms with Crippen LogP contribution in [0.2, 0.25) is 0 Å². The van der Waals surface area contributed by atoms with Crippen LogP contribution in [0.3, 0.4) is 0 Å². The molecule has 4 saturated heterocycles. The molecule has 42 heavy (non-hydrogen) atoms. The molecule has 2 aromatic carbocycles. The first kappa shape index (κ1) is 28.5. The molecular formula is C34H42N4O4. The lowest BCUT2D eigenvalue weighted by molar-refractivity contribution is -0.159. The summed E-state index contributed by atoms with van der Waals surface area (Å²) in [4.78, 5) is 47.8. The summed E-state index contributed by atoms with van der Waals surface area (Å²) in [6, 6.07) is 18.1. The van der Waals surface area contributed by atoms with E-state index in [0.29, 0.717) is 5.92 Å². The standard InChI is InChI=1S/C34H42N4O4/c39-31(36-22-17-27(18-23-36)16-21-35-19-8-3-9-20-35)24-37-29(15-14-26-10-4-1-5-11-26)32(33(37)40)38-30(25-42-34(38)41)28-12-6-2-7-13-28/h1-2,4-7,10-15,27,29-30,32H,3,8-9,16-25H2/t29?,30-,32?/m1/s1. The molecule has 0 spiro atoms. The number of hydrogen-bond donors (Lipinski definition) is 0. The topological polar surface area (TPSA) is 73.4 Å². The van der Waals surface area contributed by atoms with E-state index < -0.39 is 18.2 Å². The number of rotatable bonds is 9. The van der Waals surface area contributed by atoms with E-state index in [4.69, 9.17) is 4.74 Å². The average molecular weight is 571 g/mol. The monoisotopic (exact) mass is 570 g/mol. The summed E-state index contributed by atoms with van der Waals surface area (Å²) in [5.74, 6) is 0.434. The van der Waals surface area contributed by atoms with E-state index in [1.807, 2.05) is 77.7 Å². The maximum Gasteiger partial charge on any atom is 0.411 e. The van der Waals surface area contributed by atoms with Crippen LogP contribution in [-0.2, 0) is 14.3 Å². The van der Waals surface area contributed by atoms with Gasteiger partial charge in [-0.25, -0.2) is 4.79 Å². The van der Waals surface area contributed by atoms with Gasteiger partial charge in [0.15, 0.2) is 0 Å².